The molecule has 0 atom stereocenters. The quantitative estimate of drug-likeness (QED) is 0.269. The molecular weight excluding hydrogens is 318 g/mol. The summed E-state index contributed by atoms with van der Waals surface area (Å²) in [7, 11) is 0. The lowest BCUT2D eigenvalue weighted by Crippen LogP contribution is -2.07. The van der Waals surface area contributed by atoms with E-state index in [0.29, 0.717) is 31.6 Å². The van der Waals surface area contributed by atoms with Crippen LogP contribution in [0.5, 0.6) is 0 Å². The van der Waals surface area contributed by atoms with Gasteiger partial charge in [-0.25, -0.2) is 4.79 Å². The molecule has 0 unspecified atom stereocenters. The number of hydrogen-bond acceptors (Lipinski definition) is 5. The molecule has 0 aliphatic heterocycles. The van der Waals surface area contributed by atoms with Gasteiger partial charge in [0, 0.05) is 24.1 Å². The van der Waals surface area contributed by atoms with Crippen molar-refractivity contribution >= 4 is 17.6 Å². The van der Waals surface area contributed by atoms with Crippen LogP contribution in [0, 0.1) is 0 Å². The fraction of sp³-hybridized carbons (Fsp3) is 0.500. The molecule has 0 spiro atoms. The van der Waals surface area contributed by atoms with Gasteiger partial charge >= 0.3 is 11.9 Å². The first-order chi connectivity index (χ1) is 12.0. The van der Waals surface area contributed by atoms with Crippen LogP contribution in [-0.2, 0) is 25.5 Å². The fourth-order valence-corrected chi connectivity index (χ4v) is 2.23. The predicted molar refractivity (Wildman–Crippen MR) is 99.0 cm³/mol. The third kappa shape index (κ3) is 10.2. The summed E-state index contributed by atoms with van der Waals surface area (Å²) in [5.74, 6) is -0.479. The molecule has 0 aromatic heterocycles. The standard InChI is InChI=1S/C20H29NO4/c1-16(2)20(23)25-14-7-5-3-4-6-8-19(22)24-15-13-17-9-11-18(21)12-10-17/h9-12H,1,3-8,13-15,21H2,2H3. The lowest BCUT2D eigenvalue weighted by atomic mass is 10.1. The SMILES string of the molecule is C=C(C)C(=O)OCCCCCCCC(=O)OCCc1ccc(N)cc1. The molecular formula is C20H29NO4. The van der Waals surface area contributed by atoms with Crippen molar-refractivity contribution < 1.29 is 19.1 Å². The maximum Gasteiger partial charge on any atom is 0.333 e. The largest absolute Gasteiger partial charge is 0.465 e. The molecule has 1 aromatic rings. The molecule has 1 rings (SSSR count). The smallest absolute Gasteiger partial charge is 0.333 e. The summed E-state index contributed by atoms with van der Waals surface area (Å²) in [6.07, 6.45) is 5.79. The van der Waals surface area contributed by atoms with Crippen molar-refractivity contribution in [3.8, 4) is 0 Å². The number of benzene rings is 1. The lowest BCUT2D eigenvalue weighted by molar-refractivity contribution is -0.143. The predicted octanol–water partition coefficient (Wildman–Crippen LogP) is 3.81. The number of carbonyl (C=O) groups excluding carboxylic acids is 2. The summed E-state index contributed by atoms with van der Waals surface area (Å²) in [5.41, 5.74) is 7.89. The highest BCUT2D eigenvalue weighted by Crippen LogP contribution is 2.08. The summed E-state index contributed by atoms with van der Waals surface area (Å²) >= 11 is 0. The minimum absolute atomic E-state index is 0.147. The maximum absolute atomic E-state index is 11.7. The molecule has 0 saturated carbocycles. The molecule has 5 heteroatoms. The Balaban J connectivity index is 1.94. The number of ether oxygens (including phenoxy) is 2. The van der Waals surface area contributed by atoms with Crippen molar-refractivity contribution in [2.75, 3.05) is 18.9 Å². The van der Waals surface area contributed by atoms with E-state index in [2.05, 4.69) is 6.58 Å². The number of nitrogen functional groups attached to an aromatic ring is 1. The first kappa shape index (κ1) is 20.7. The van der Waals surface area contributed by atoms with Crippen molar-refractivity contribution in [3.05, 3.63) is 42.0 Å². The van der Waals surface area contributed by atoms with E-state index >= 15 is 0 Å². The molecule has 2 N–H and O–H groups in total. The Morgan fingerprint density at radius 3 is 2.28 bits per heavy atom. The van der Waals surface area contributed by atoms with E-state index in [1.807, 2.05) is 24.3 Å². The molecule has 0 heterocycles. The second-order valence-corrected chi connectivity index (χ2v) is 6.15. The van der Waals surface area contributed by atoms with E-state index in [1.54, 1.807) is 6.92 Å². The molecule has 5 nitrogen and oxygen atoms in total. The van der Waals surface area contributed by atoms with Gasteiger partial charge in [0.1, 0.15) is 0 Å². The average molecular weight is 347 g/mol. The molecule has 0 aliphatic carbocycles. The monoisotopic (exact) mass is 347 g/mol. The summed E-state index contributed by atoms with van der Waals surface area (Å²) < 4.78 is 10.3. The third-order valence-corrected chi connectivity index (χ3v) is 3.74. The Labute approximate surface area is 150 Å². The number of unbranched alkanes of at least 4 members (excludes halogenated alkanes) is 4. The second-order valence-electron chi connectivity index (χ2n) is 6.15. The van der Waals surface area contributed by atoms with Crippen molar-refractivity contribution in [1.82, 2.24) is 0 Å². The van der Waals surface area contributed by atoms with E-state index in [0.717, 1.165) is 43.4 Å². The van der Waals surface area contributed by atoms with Crippen LogP contribution in [0.1, 0.15) is 51.0 Å². The van der Waals surface area contributed by atoms with Gasteiger partial charge in [0.25, 0.3) is 0 Å². The van der Waals surface area contributed by atoms with E-state index in [9.17, 15) is 9.59 Å². The average Bonchev–Trinajstić information content (AvgIpc) is 2.58. The highest BCUT2D eigenvalue weighted by Gasteiger charge is 2.04. The van der Waals surface area contributed by atoms with Crippen molar-refractivity contribution in [2.45, 2.75) is 51.9 Å². The summed E-state index contributed by atoms with van der Waals surface area (Å²) in [6.45, 7) is 5.99. The van der Waals surface area contributed by atoms with E-state index in [4.69, 9.17) is 15.2 Å². The van der Waals surface area contributed by atoms with Gasteiger partial charge in [-0.05, 0) is 37.5 Å². The zero-order valence-electron chi connectivity index (χ0n) is 15.1. The molecule has 138 valence electrons. The van der Waals surface area contributed by atoms with Crippen molar-refractivity contribution in [2.24, 2.45) is 0 Å². The summed E-state index contributed by atoms with van der Waals surface area (Å²) in [5, 5.41) is 0. The van der Waals surface area contributed by atoms with Crippen LogP contribution in [0.4, 0.5) is 5.69 Å². The highest BCUT2D eigenvalue weighted by molar-refractivity contribution is 5.86. The molecule has 1 aromatic carbocycles. The number of nitrogens with two attached hydrogens (primary N) is 1. The normalized spacial score (nSPS) is 10.3. The number of rotatable bonds is 12. The van der Waals surface area contributed by atoms with E-state index in [1.165, 1.54) is 0 Å². The molecule has 0 radical (unpaired) electrons. The zero-order chi connectivity index (χ0) is 18.5. The van der Waals surface area contributed by atoms with Gasteiger partial charge in [-0.1, -0.05) is 38.0 Å². The Morgan fingerprint density at radius 2 is 1.60 bits per heavy atom. The summed E-state index contributed by atoms with van der Waals surface area (Å²) in [4.78, 5) is 22.8. The van der Waals surface area contributed by atoms with Crippen molar-refractivity contribution in [3.63, 3.8) is 0 Å². The lowest BCUT2D eigenvalue weighted by Gasteiger charge is -2.06. The van der Waals surface area contributed by atoms with E-state index < -0.39 is 0 Å². The van der Waals surface area contributed by atoms with Gasteiger partial charge in [-0.3, -0.25) is 4.79 Å². The highest BCUT2D eigenvalue weighted by atomic mass is 16.5. The number of carbonyl (C=O) groups is 2. The number of hydrogen-bond donors (Lipinski definition) is 1. The molecule has 0 aliphatic rings. The van der Waals surface area contributed by atoms with Gasteiger partial charge in [0.05, 0.1) is 13.2 Å². The second kappa shape index (κ2) is 12.1. The molecule has 0 bridgehead atoms. The topological polar surface area (TPSA) is 78.6 Å². The Hall–Kier alpha value is -2.30. The molecule has 0 saturated heterocycles. The minimum atomic E-state index is -0.332. The van der Waals surface area contributed by atoms with Gasteiger partial charge in [-0.15, -0.1) is 0 Å². The van der Waals surface area contributed by atoms with Gasteiger partial charge in [0.2, 0.25) is 0 Å². The first-order valence-electron chi connectivity index (χ1n) is 8.81. The Morgan fingerprint density at radius 1 is 0.960 bits per heavy atom. The van der Waals surface area contributed by atoms with Crippen molar-refractivity contribution in [1.29, 1.82) is 0 Å². The summed E-state index contributed by atoms with van der Waals surface area (Å²) in [6, 6.07) is 7.57. The molecule has 0 fully saturated rings. The zero-order valence-corrected chi connectivity index (χ0v) is 15.1. The van der Waals surface area contributed by atoms with Crippen LogP contribution in [0.25, 0.3) is 0 Å². The van der Waals surface area contributed by atoms with Gasteiger partial charge in [-0.2, -0.15) is 0 Å². The van der Waals surface area contributed by atoms with E-state index in [-0.39, 0.29) is 11.9 Å². The Bertz CT molecular complexity index is 551. The van der Waals surface area contributed by atoms with Gasteiger partial charge in [0.15, 0.2) is 0 Å². The molecule has 25 heavy (non-hydrogen) atoms. The van der Waals surface area contributed by atoms with Crippen LogP contribution < -0.4 is 5.73 Å². The Kier molecular flexibility index (Phi) is 10.1. The fourth-order valence-electron chi connectivity index (χ4n) is 2.23. The first-order valence-corrected chi connectivity index (χ1v) is 8.81. The van der Waals surface area contributed by atoms with Crippen LogP contribution >= 0.6 is 0 Å². The van der Waals surface area contributed by atoms with Crippen LogP contribution in [0.15, 0.2) is 36.4 Å². The van der Waals surface area contributed by atoms with Crippen LogP contribution in [-0.4, -0.2) is 25.2 Å². The maximum atomic E-state index is 11.7. The third-order valence-electron chi connectivity index (χ3n) is 3.74. The number of esters is 2. The van der Waals surface area contributed by atoms with Gasteiger partial charge < -0.3 is 15.2 Å². The minimum Gasteiger partial charge on any atom is -0.465 e. The molecule has 0 amide bonds. The number of anilines is 1. The van der Waals surface area contributed by atoms with Crippen LogP contribution in [0.3, 0.4) is 0 Å². The van der Waals surface area contributed by atoms with Crippen LogP contribution in [0.2, 0.25) is 0 Å².